The molecule has 0 saturated heterocycles. The van der Waals surface area contributed by atoms with Gasteiger partial charge in [0.05, 0.1) is 11.1 Å². The molecule has 0 bridgehead atoms. The number of benzene rings is 4. The van der Waals surface area contributed by atoms with Gasteiger partial charge < -0.3 is 30.4 Å². The lowest BCUT2D eigenvalue weighted by Crippen LogP contribution is -2.50. The number of nitrogens with two attached hydrogens (primary N) is 2. The zero-order valence-electron chi connectivity index (χ0n) is 28.6. The summed E-state index contributed by atoms with van der Waals surface area (Å²) in [6, 6.07) is 27.4. The number of carbonyl (C=O) groups is 2. The summed E-state index contributed by atoms with van der Waals surface area (Å²) >= 11 is 0. The Morgan fingerprint density at radius 1 is 0.612 bits per heavy atom. The second kappa shape index (κ2) is 15.4. The van der Waals surface area contributed by atoms with E-state index in [4.69, 9.17) is 30.4 Å². The van der Waals surface area contributed by atoms with E-state index in [0.29, 0.717) is 30.3 Å². The number of hydrogen-bond donors (Lipinski definition) is 4. The van der Waals surface area contributed by atoms with Gasteiger partial charge in [-0.05, 0) is 124 Å². The van der Waals surface area contributed by atoms with Gasteiger partial charge in [0.15, 0.2) is 11.5 Å². The molecule has 258 valence electrons. The third kappa shape index (κ3) is 9.74. The molecular formula is C39H46N4O6. The van der Waals surface area contributed by atoms with Gasteiger partial charge in [-0.15, -0.1) is 0 Å². The summed E-state index contributed by atoms with van der Waals surface area (Å²) in [6.07, 6.45) is 4.88. The van der Waals surface area contributed by atoms with Crippen LogP contribution in [0.4, 0.5) is 0 Å². The molecule has 1 aliphatic carbocycles. The van der Waals surface area contributed by atoms with Crippen LogP contribution >= 0.6 is 0 Å². The van der Waals surface area contributed by atoms with Crippen LogP contribution in [0.1, 0.15) is 62.8 Å². The smallest absolute Gasteiger partial charge is 0.237 e. The van der Waals surface area contributed by atoms with E-state index in [1.54, 1.807) is 33.8 Å². The topological polar surface area (TPSA) is 147 Å². The zero-order chi connectivity index (χ0) is 35.0. The van der Waals surface area contributed by atoms with E-state index < -0.39 is 11.1 Å². The maximum absolute atomic E-state index is 11.3. The van der Waals surface area contributed by atoms with E-state index in [-0.39, 0.29) is 18.6 Å². The minimum Gasteiger partial charge on any atom is -0.457 e. The van der Waals surface area contributed by atoms with Gasteiger partial charge in [0, 0.05) is 19.2 Å². The quantitative estimate of drug-likeness (QED) is 0.138. The highest BCUT2D eigenvalue weighted by Gasteiger charge is 2.24. The second-order valence-electron chi connectivity index (χ2n) is 13.3. The molecule has 0 unspecified atom stereocenters. The van der Waals surface area contributed by atoms with Crippen molar-refractivity contribution in [3.63, 3.8) is 0 Å². The summed E-state index contributed by atoms with van der Waals surface area (Å²) < 4.78 is 22.4. The molecule has 0 radical (unpaired) electrons. The molecule has 0 atom stereocenters. The predicted molar refractivity (Wildman–Crippen MR) is 189 cm³/mol. The maximum Gasteiger partial charge on any atom is 0.237 e. The normalized spacial score (nSPS) is 13.5. The lowest BCUT2D eigenvalue weighted by molar-refractivity contribution is -0.124. The van der Waals surface area contributed by atoms with Crippen LogP contribution in [0.15, 0.2) is 84.9 Å². The van der Waals surface area contributed by atoms with E-state index in [0.717, 1.165) is 34.8 Å². The third-order valence-electron chi connectivity index (χ3n) is 8.68. The minimum absolute atomic E-state index is 0.238. The number of carbonyl (C=O) groups excluding carboxylic acids is 2. The van der Waals surface area contributed by atoms with Crippen LogP contribution < -0.4 is 41.0 Å². The molecule has 1 heterocycles. The highest BCUT2D eigenvalue weighted by molar-refractivity contribution is 5.84. The van der Waals surface area contributed by atoms with Gasteiger partial charge in [-0.3, -0.25) is 20.2 Å². The van der Waals surface area contributed by atoms with Crippen molar-refractivity contribution in [3.05, 3.63) is 107 Å². The minimum atomic E-state index is -0.748. The Bertz CT molecular complexity index is 1750. The monoisotopic (exact) mass is 666 g/mol. The van der Waals surface area contributed by atoms with Crippen molar-refractivity contribution in [1.29, 1.82) is 0 Å². The number of ether oxygens (including phenoxy) is 4. The number of nitrogens with one attached hydrogen (secondary N) is 2. The molecule has 0 saturated carbocycles. The Hall–Kier alpha value is -5.06. The van der Waals surface area contributed by atoms with E-state index in [2.05, 4.69) is 28.8 Å². The zero-order valence-corrected chi connectivity index (χ0v) is 28.6. The van der Waals surface area contributed by atoms with Crippen molar-refractivity contribution in [2.45, 2.75) is 77.5 Å². The fourth-order valence-corrected chi connectivity index (χ4v) is 5.16. The van der Waals surface area contributed by atoms with Crippen LogP contribution in [0.2, 0.25) is 0 Å². The molecule has 49 heavy (non-hydrogen) atoms. The first kappa shape index (κ1) is 35.3. The first-order valence-corrected chi connectivity index (χ1v) is 16.5. The Kier molecular flexibility index (Phi) is 11.1. The molecule has 6 rings (SSSR count). The molecule has 0 aromatic heterocycles. The fraction of sp³-hybridized carbons (Fsp3) is 0.333. The SMILES string of the molecule is CC(C)(NCc1ccc(Oc2ccc3c(c2)CCCC3)cc1)C(N)=O.CC(C)(NCc1ccc(Oc2ccc3c(c2)OCO3)cc1)C(N)=O. The van der Waals surface area contributed by atoms with Crippen LogP contribution in [0, 0.1) is 0 Å². The van der Waals surface area contributed by atoms with Crippen molar-refractivity contribution in [3.8, 4) is 34.5 Å². The van der Waals surface area contributed by atoms with Gasteiger partial charge in [0.2, 0.25) is 18.6 Å². The molecule has 4 aromatic carbocycles. The molecule has 6 N–H and O–H groups in total. The Morgan fingerprint density at radius 3 is 1.59 bits per heavy atom. The van der Waals surface area contributed by atoms with Crippen molar-refractivity contribution in [2.75, 3.05) is 6.79 Å². The standard InChI is InChI=1S/C21H26N2O2.C18H20N2O4/c1-21(2,20(22)24)23-14-15-7-10-18(11-8-15)25-19-12-9-16-5-3-4-6-17(16)13-19;1-18(2,17(19)21)20-10-12-3-5-13(6-4-12)24-14-7-8-15-16(9-14)23-11-22-15/h7-13,23H,3-6,14H2,1-2H3,(H2,22,24);3-9,20H,10-11H2,1-2H3,(H2,19,21). The average Bonchev–Trinajstić information content (AvgIpc) is 3.56. The van der Waals surface area contributed by atoms with Crippen LogP contribution in [-0.2, 0) is 35.5 Å². The van der Waals surface area contributed by atoms with Crippen LogP contribution in [0.25, 0.3) is 0 Å². The fourth-order valence-electron chi connectivity index (χ4n) is 5.16. The molecule has 10 heteroatoms. The van der Waals surface area contributed by atoms with Gasteiger partial charge in [-0.25, -0.2) is 0 Å². The Morgan fingerprint density at radius 2 is 1.06 bits per heavy atom. The largest absolute Gasteiger partial charge is 0.457 e. The van der Waals surface area contributed by atoms with E-state index >= 15 is 0 Å². The van der Waals surface area contributed by atoms with Gasteiger partial charge >= 0.3 is 0 Å². The van der Waals surface area contributed by atoms with Crippen molar-refractivity contribution in [2.24, 2.45) is 11.5 Å². The van der Waals surface area contributed by atoms with Crippen molar-refractivity contribution < 1.29 is 28.5 Å². The van der Waals surface area contributed by atoms with E-state index in [1.165, 1.54) is 30.4 Å². The lowest BCUT2D eigenvalue weighted by atomic mass is 9.92. The molecule has 10 nitrogen and oxygen atoms in total. The summed E-state index contributed by atoms with van der Waals surface area (Å²) in [4.78, 5) is 22.6. The molecule has 2 amide bonds. The van der Waals surface area contributed by atoms with Gasteiger partial charge in [-0.2, -0.15) is 0 Å². The number of rotatable bonds is 12. The maximum atomic E-state index is 11.3. The van der Waals surface area contributed by atoms with E-state index in [1.807, 2.05) is 60.7 Å². The third-order valence-corrected chi connectivity index (χ3v) is 8.68. The number of primary amides is 2. The van der Waals surface area contributed by atoms with Crippen molar-refractivity contribution in [1.82, 2.24) is 10.6 Å². The summed E-state index contributed by atoms with van der Waals surface area (Å²) in [5.74, 6) is 3.76. The summed E-state index contributed by atoms with van der Waals surface area (Å²) in [5.41, 5.74) is 14.2. The molecule has 0 spiro atoms. The Balaban J connectivity index is 0.000000191. The Labute approximate surface area is 288 Å². The van der Waals surface area contributed by atoms with Crippen LogP contribution in [0.5, 0.6) is 34.5 Å². The van der Waals surface area contributed by atoms with Gasteiger partial charge in [-0.1, -0.05) is 30.3 Å². The van der Waals surface area contributed by atoms with Gasteiger partial charge in [0.25, 0.3) is 0 Å². The first-order valence-electron chi connectivity index (χ1n) is 16.5. The number of aryl methyl sites for hydroxylation is 2. The lowest BCUT2D eigenvalue weighted by Gasteiger charge is -2.22. The second-order valence-corrected chi connectivity index (χ2v) is 13.3. The van der Waals surface area contributed by atoms with Crippen LogP contribution in [-0.4, -0.2) is 29.7 Å². The summed E-state index contributed by atoms with van der Waals surface area (Å²) in [6.45, 7) is 8.43. The highest BCUT2D eigenvalue weighted by atomic mass is 16.7. The van der Waals surface area contributed by atoms with E-state index in [9.17, 15) is 9.59 Å². The first-order chi connectivity index (χ1) is 23.4. The van der Waals surface area contributed by atoms with Gasteiger partial charge in [0.1, 0.15) is 23.0 Å². The molecule has 0 fully saturated rings. The highest BCUT2D eigenvalue weighted by Crippen LogP contribution is 2.36. The van der Waals surface area contributed by atoms with Crippen molar-refractivity contribution >= 4 is 11.8 Å². The number of fused-ring (bicyclic) bond motifs is 2. The number of hydrogen-bond acceptors (Lipinski definition) is 8. The predicted octanol–water partition coefficient (Wildman–Crippen LogP) is 6.27. The average molecular weight is 667 g/mol. The van der Waals surface area contributed by atoms with Crippen LogP contribution in [0.3, 0.4) is 0 Å². The summed E-state index contributed by atoms with van der Waals surface area (Å²) in [7, 11) is 0. The summed E-state index contributed by atoms with van der Waals surface area (Å²) in [5, 5.41) is 6.29. The molecular weight excluding hydrogens is 620 g/mol. The number of amides is 2. The molecule has 4 aromatic rings. The molecule has 2 aliphatic rings. The molecule has 1 aliphatic heterocycles.